The number of sulfone groups is 1. The van der Waals surface area contributed by atoms with Crippen molar-refractivity contribution in [3.63, 3.8) is 0 Å². The van der Waals surface area contributed by atoms with Gasteiger partial charge in [-0.05, 0) is 168 Å². The highest BCUT2D eigenvalue weighted by molar-refractivity contribution is 7.99. The lowest BCUT2D eigenvalue weighted by atomic mass is 9.73. The van der Waals surface area contributed by atoms with Crippen molar-refractivity contribution in [2.24, 2.45) is 11.3 Å². The molecule has 2 aliphatic heterocycles. The number of sulfonamides is 1. The number of nitrogens with zero attached hydrogens (tertiary/aromatic N) is 4. The summed E-state index contributed by atoms with van der Waals surface area (Å²) >= 11 is 7.68. The van der Waals surface area contributed by atoms with Crippen LogP contribution < -0.4 is 14.9 Å². The van der Waals surface area contributed by atoms with Gasteiger partial charge in [-0.15, -0.1) is 11.8 Å². The van der Waals surface area contributed by atoms with E-state index in [1.807, 2.05) is 47.2 Å². The molecule has 380 valence electrons. The molecule has 70 heavy (non-hydrogen) atoms. The minimum absolute atomic E-state index is 0.00510. The number of allylic oxidation sites excluding steroid dienone is 1. The molecule has 0 radical (unpaired) electrons. The largest absolute Gasteiger partial charge is 0.501 e. The van der Waals surface area contributed by atoms with Crippen molar-refractivity contribution in [1.82, 2.24) is 19.4 Å². The van der Waals surface area contributed by atoms with E-state index in [0.717, 1.165) is 114 Å². The van der Waals surface area contributed by atoms with Crippen LogP contribution in [0.2, 0.25) is 5.02 Å². The highest BCUT2D eigenvalue weighted by Crippen LogP contribution is 2.43. The molecule has 2 saturated heterocycles. The van der Waals surface area contributed by atoms with Gasteiger partial charge in [-0.2, -0.15) is 13.2 Å². The van der Waals surface area contributed by atoms with Gasteiger partial charge in [0.2, 0.25) is 0 Å². The number of hydrogen-bond donors (Lipinski definition) is 2. The number of nitrogens with one attached hydrogen (secondary N) is 2. The number of benzene rings is 4. The topological polar surface area (TPSA) is 122 Å². The Kier molecular flexibility index (Phi) is 17.8. The van der Waals surface area contributed by atoms with Gasteiger partial charge in [-0.3, -0.25) is 9.69 Å². The molecule has 11 nitrogen and oxygen atoms in total. The van der Waals surface area contributed by atoms with Crippen LogP contribution in [0.3, 0.4) is 0 Å². The molecule has 18 heteroatoms. The normalized spacial score (nSPS) is 18.3. The zero-order chi connectivity index (χ0) is 50.3. The highest BCUT2D eigenvalue weighted by Gasteiger charge is 2.48. The van der Waals surface area contributed by atoms with Crippen LogP contribution in [0.25, 0.3) is 5.57 Å². The Morgan fingerprint density at radius 3 is 2.19 bits per heavy atom. The molecule has 0 saturated carbocycles. The van der Waals surface area contributed by atoms with E-state index in [9.17, 15) is 34.8 Å². The van der Waals surface area contributed by atoms with Crippen LogP contribution in [-0.4, -0.2) is 128 Å². The lowest BCUT2D eigenvalue weighted by Gasteiger charge is -2.39. The summed E-state index contributed by atoms with van der Waals surface area (Å²) < 4.78 is 98.6. The smallest absolute Gasteiger partial charge is 0.380 e. The number of alkyl halides is 3. The van der Waals surface area contributed by atoms with Crippen LogP contribution in [-0.2, 0) is 19.9 Å². The average Bonchev–Trinajstić information content (AvgIpc) is 3.32. The van der Waals surface area contributed by atoms with Gasteiger partial charge in [-0.1, -0.05) is 61.4 Å². The van der Waals surface area contributed by atoms with Gasteiger partial charge < -0.3 is 20.0 Å². The van der Waals surface area contributed by atoms with E-state index in [1.165, 1.54) is 40.6 Å². The molecule has 4 aromatic rings. The van der Waals surface area contributed by atoms with E-state index >= 15 is 0 Å². The number of carbonyl (C=O) groups excluding carboxylic acids is 1. The fourth-order valence-corrected chi connectivity index (χ4v) is 12.7. The summed E-state index contributed by atoms with van der Waals surface area (Å²) in [6.45, 7) is 12.1. The van der Waals surface area contributed by atoms with Crippen LogP contribution in [0.4, 0.5) is 24.5 Å². The molecule has 1 amide bonds. The number of piperazine rings is 1. The summed E-state index contributed by atoms with van der Waals surface area (Å²) in [6, 6.07) is 26.1. The molecule has 0 aromatic heterocycles. The number of anilines is 2. The van der Waals surface area contributed by atoms with Crippen molar-refractivity contribution in [2.75, 3.05) is 89.0 Å². The summed E-state index contributed by atoms with van der Waals surface area (Å²) in [7, 11) is -6.78. The Bertz CT molecular complexity index is 2660. The predicted molar refractivity (Wildman–Crippen MR) is 277 cm³/mol. The van der Waals surface area contributed by atoms with Crippen molar-refractivity contribution in [2.45, 2.75) is 85.0 Å². The molecule has 2 N–H and O–H groups in total. The van der Waals surface area contributed by atoms with Crippen LogP contribution in [0.5, 0.6) is 0 Å². The van der Waals surface area contributed by atoms with E-state index < -0.39 is 47.1 Å². The average molecular weight is 1040 g/mol. The summed E-state index contributed by atoms with van der Waals surface area (Å²) in [4.78, 5) is 21.5. The minimum Gasteiger partial charge on any atom is -0.380 e. The molecule has 2 fully saturated rings. The lowest BCUT2D eigenvalue weighted by Crippen LogP contribution is -2.47. The van der Waals surface area contributed by atoms with Crippen molar-refractivity contribution in [3.05, 3.63) is 119 Å². The molecule has 2 heterocycles. The molecule has 0 spiro atoms. The first kappa shape index (κ1) is 53.7. The Balaban J connectivity index is 1.01. The number of rotatable bonds is 19. The molecule has 0 unspecified atom stereocenters. The summed E-state index contributed by atoms with van der Waals surface area (Å²) in [5.41, 5.74) is -0.969. The fourth-order valence-electron chi connectivity index (χ4n) is 9.61. The Morgan fingerprint density at radius 2 is 1.54 bits per heavy atom. The SMILES string of the molecule is CN(C)CCC1CCN(CC[C@H](CSc2ccccc2)Nc2ccc(S(=O)(=O)NC(=O)c3ccc(N4CCN(CC5=C(c6ccc(Cl)cc6)CCC(C)(C)C5)CC4)cc3)cc2S(=O)(=O)C(F)(F)F)CC1. The Hall–Kier alpha value is -4.10. The maximum absolute atomic E-state index is 14.3. The zero-order valence-corrected chi connectivity index (χ0v) is 43.7. The van der Waals surface area contributed by atoms with Gasteiger partial charge in [0.25, 0.3) is 25.8 Å². The monoisotopic (exact) mass is 1040 g/mol. The molecular weight excluding hydrogens is 977 g/mol. The molecule has 7 rings (SSSR count). The van der Waals surface area contributed by atoms with E-state index in [0.29, 0.717) is 35.7 Å². The minimum atomic E-state index is -6.06. The highest BCUT2D eigenvalue weighted by atomic mass is 35.5. The number of likely N-dealkylation sites (tertiary alicyclic amines) is 1. The van der Waals surface area contributed by atoms with Crippen LogP contribution in [0, 0.1) is 11.3 Å². The first-order chi connectivity index (χ1) is 33.2. The molecular formula is C52H66ClF3N6O5S3. The molecule has 3 aliphatic rings. The summed E-state index contributed by atoms with van der Waals surface area (Å²) in [5.74, 6) is -0.00373. The lowest BCUT2D eigenvalue weighted by molar-refractivity contribution is -0.0435. The van der Waals surface area contributed by atoms with Crippen LogP contribution in [0.1, 0.15) is 74.7 Å². The maximum Gasteiger partial charge on any atom is 0.501 e. The number of carbonyl (C=O) groups is 1. The molecule has 1 atom stereocenters. The number of halogens is 4. The van der Waals surface area contributed by atoms with Gasteiger partial charge >= 0.3 is 5.51 Å². The van der Waals surface area contributed by atoms with E-state index in [1.54, 1.807) is 12.1 Å². The first-order valence-electron chi connectivity index (χ1n) is 24.0. The van der Waals surface area contributed by atoms with Gasteiger partial charge in [0, 0.05) is 72.2 Å². The van der Waals surface area contributed by atoms with Crippen LogP contribution in [0.15, 0.2) is 117 Å². The number of amides is 1. The van der Waals surface area contributed by atoms with Crippen molar-refractivity contribution in [1.29, 1.82) is 0 Å². The second kappa shape index (κ2) is 23.2. The van der Waals surface area contributed by atoms with E-state index in [2.05, 4.69) is 65.0 Å². The molecule has 1 aliphatic carbocycles. The van der Waals surface area contributed by atoms with Gasteiger partial charge in [-0.25, -0.2) is 21.6 Å². The number of thioether (sulfide) groups is 1. The quantitative estimate of drug-likeness (QED) is 0.0873. The van der Waals surface area contributed by atoms with Gasteiger partial charge in [0.15, 0.2) is 0 Å². The first-order valence-corrected chi connectivity index (χ1v) is 28.4. The van der Waals surface area contributed by atoms with Crippen molar-refractivity contribution >= 4 is 66.1 Å². The van der Waals surface area contributed by atoms with E-state index in [-0.39, 0.29) is 16.7 Å². The third kappa shape index (κ3) is 14.3. The van der Waals surface area contributed by atoms with E-state index in [4.69, 9.17) is 11.6 Å². The third-order valence-electron chi connectivity index (χ3n) is 13.8. The third-order valence-corrected chi connectivity index (χ3v) is 18.1. The van der Waals surface area contributed by atoms with Crippen molar-refractivity contribution < 1.29 is 34.8 Å². The predicted octanol–water partition coefficient (Wildman–Crippen LogP) is 10.2. The van der Waals surface area contributed by atoms with Crippen molar-refractivity contribution in [3.8, 4) is 0 Å². The standard InChI is InChI=1S/C52H66ClF3N6O5S3/c1-51(2)25-20-47(39-10-14-42(53)15-11-39)41(35-51)36-61-30-32-62(33-31-61)44-16-12-40(13-17-44)50(63)58-70(66,67)46-18-19-48(49(34-46)69(64,65)52(54,55)56)57-43(37-68-45-8-6-5-7-9-45)24-29-60-27-22-38(23-28-60)21-26-59(3)4/h5-19,34,38,43,57H,20-33,35-37H2,1-4H3,(H,58,63)/t43-/m1/s1. The molecule has 0 bridgehead atoms. The van der Waals surface area contributed by atoms with Crippen LogP contribution >= 0.6 is 23.4 Å². The Labute approximate surface area is 422 Å². The maximum atomic E-state index is 14.3. The van der Waals surface area contributed by atoms with Gasteiger partial charge in [0.1, 0.15) is 4.90 Å². The Morgan fingerprint density at radius 1 is 0.871 bits per heavy atom. The zero-order valence-electron chi connectivity index (χ0n) is 40.5. The second-order valence-corrected chi connectivity index (χ2v) is 25.0. The number of hydrogen-bond acceptors (Lipinski definition) is 11. The molecule has 4 aromatic carbocycles. The number of piperidine rings is 1. The van der Waals surface area contributed by atoms with Gasteiger partial charge in [0.05, 0.1) is 10.6 Å². The summed E-state index contributed by atoms with van der Waals surface area (Å²) in [6.07, 6.45) is 6.84. The summed E-state index contributed by atoms with van der Waals surface area (Å²) in [5, 5.41) is 3.78. The second-order valence-electron chi connectivity index (χ2n) is 19.9. The fraction of sp³-hybridized carbons (Fsp3) is 0.481.